The molecule has 0 aromatic carbocycles. The highest BCUT2D eigenvalue weighted by molar-refractivity contribution is 7.47. The average molecular weight is 733 g/mol. The fourth-order valence-electron chi connectivity index (χ4n) is 5.76. The number of carbonyl (C=O) groups is 1. The Bertz CT molecular complexity index is 817. The van der Waals surface area contributed by atoms with Crippen LogP contribution in [0, 0.1) is 0 Å². The van der Waals surface area contributed by atoms with Gasteiger partial charge in [0, 0.05) is 13.0 Å². The topological polar surface area (TPSA) is 91.3 Å². The number of quaternary nitrogens is 1. The summed E-state index contributed by atoms with van der Waals surface area (Å²) in [7, 11) is 1.67. The van der Waals surface area contributed by atoms with Gasteiger partial charge < -0.3 is 18.9 Å². The molecule has 2 atom stereocenters. The van der Waals surface area contributed by atoms with E-state index in [1.165, 1.54) is 141 Å². The van der Waals surface area contributed by atoms with E-state index in [0.717, 1.165) is 25.7 Å². The smallest absolute Gasteiger partial charge is 0.457 e. The zero-order valence-electron chi connectivity index (χ0n) is 33.7. The summed E-state index contributed by atoms with van der Waals surface area (Å²) < 4.78 is 34.4. The van der Waals surface area contributed by atoms with Gasteiger partial charge in [-0.3, -0.25) is 13.8 Å². The van der Waals surface area contributed by atoms with Crippen LogP contribution in [0.1, 0.15) is 187 Å². The number of unbranched alkanes of at least 4 members (excludes halogenated alkanes) is 23. The molecule has 0 radical (unpaired) electrons. The van der Waals surface area contributed by atoms with Gasteiger partial charge >= 0.3 is 13.8 Å². The van der Waals surface area contributed by atoms with Crippen LogP contribution in [0.3, 0.4) is 0 Å². The molecule has 1 N–H and O–H groups in total. The highest BCUT2D eigenvalue weighted by Gasteiger charge is 2.26. The fraction of sp³-hybridized carbons (Fsp3) is 0.927. The van der Waals surface area contributed by atoms with Crippen LogP contribution in [0.15, 0.2) is 12.2 Å². The Kier molecular flexibility index (Phi) is 34.7. The van der Waals surface area contributed by atoms with Gasteiger partial charge in [0.25, 0.3) is 0 Å². The van der Waals surface area contributed by atoms with Crippen LogP contribution in [-0.2, 0) is 27.9 Å². The number of carbonyl (C=O) groups excluding carboxylic acids is 1. The Morgan fingerprint density at radius 3 is 1.50 bits per heavy atom. The molecule has 298 valence electrons. The molecule has 0 aromatic rings. The van der Waals surface area contributed by atoms with Gasteiger partial charge in [-0.25, -0.2) is 4.57 Å². The quantitative estimate of drug-likeness (QED) is 0.0221. The lowest BCUT2D eigenvalue weighted by atomic mass is 10.0. The van der Waals surface area contributed by atoms with E-state index in [-0.39, 0.29) is 25.8 Å². The van der Waals surface area contributed by atoms with Gasteiger partial charge in [0.1, 0.15) is 19.3 Å². The number of likely N-dealkylation sites (N-methyl/N-ethyl adjacent to an activating group) is 1. The molecule has 0 heterocycles. The van der Waals surface area contributed by atoms with Crippen molar-refractivity contribution in [2.45, 2.75) is 193 Å². The molecule has 0 amide bonds. The molecule has 9 heteroatoms. The maximum atomic E-state index is 12.3. The molecule has 0 saturated carbocycles. The van der Waals surface area contributed by atoms with Crippen LogP contribution in [0.4, 0.5) is 0 Å². The van der Waals surface area contributed by atoms with Crippen LogP contribution >= 0.6 is 7.82 Å². The van der Waals surface area contributed by atoms with Crippen molar-refractivity contribution in [3.05, 3.63) is 12.2 Å². The van der Waals surface area contributed by atoms with Crippen molar-refractivity contribution < 1.29 is 37.3 Å². The van der Waals surface area contributed by atoms with Crippen LogP contribution in [-0.4, -0.2) is 75.6 Å². The minimum absolute atomic E-state index is 0.0901. The lowest BCUT2D eigenvalue weighted by molar-refractivity contribution is -0.870. The highest BCUT2D eigenvalue weighted by atomic mass is 31.2. The third-order valence-corrected chi connectivity index (χ3v) is 10.1. The second-order valence-electron chi connectivity index (χ2n) is 15.4. The van der Waals surface area contributed by atoms with Crippen LogP contribution < -0.4 is 0 Å². The lowest BCUT2D eigenvalue weighted by Crippen LogP contribution is -2.37. The van der Waals surface area contributed by atoms with Crippen molar-refractivity contribution in [3.63, 3.8) is 0 Å². The Labute approximate surface area is 310 Å². The second-order valence-corrected chi connectivity index (χ2v) is 16.8. The molecule has 0 bridgehead atoms. The molecule has 0 fully saturated rings. The van der Waals surface area contributed by atoms with Gasteiger partial charge in [0.2, 0.25) is 0 Å². The maximum absolute atomic E-state index is 12.3. The molecule has 0 rings (SSSR count). The zero-order valence-corrected chi connectivity index (χ0v) is 34.5. The summed E-state index contributed by atoms with van der Waals surface area (Å²) in [6.07, 6.45) is 38.0. The Balaban J connectivity index is 3.71. The first-order valence-electron chi connectivity index (χ1n) is 20.9. The van der Waals surface area contributed by atoms with Crippen LogP contribution in [0.2, 0.25) is 0 Å². The largest absolute Gasteiger partial charge is 0.472 e. The SMILES string of the molecule is CCCCCCCCCC/C=C\CCCCCCCCCCCCCCCCOCC(COP(=O)(O)OCC[N+](C)(C)C)OC(=O)CCCC. The predicted molar refractivity (Wildman–Crippen MR) is 210 cm³/mol. The number of allylic oxidation sites excluding steroid dienone is 2. The molecule has 0 aliphatic heterocycles. The molecule has 50 heavy (non-hydrogen) atoms. The third kappa shape index (κ3) is 38.5. The summed E-state index contributed by atoms with van der Waals surface area (Å²) in [5.41, 5.74) is 0. The number of hydrogen-bond donors (Lipinski definition) is 1. The normalized spacial score (nSPS) is 14.0. The summed E-state index contributed by atoms with van der Waals surface area (Å²) in [6, 6.07) is 0. The lowest BCUT2D eigenvalue weighted by Gasteiger charge is -2.24. The summed E-state index contributed by atoms with van der Waals surface area (Å²) in [5.74, 6) is -0.346. The predicted octanol–water partition coefficient (Wildman–Crippen LogP) is 11.9. The molecule has 0 aromatic heterocycles. The minimum atomic E-state index is -4.24. The van der Waals surface area contributed by atoms with E-state index in [4.69, 9.17) is 18.5 Å². The zero-order chi connectivity index (χ0) is 37.0. The van der Waals surface area contributed by atoms with Crippen LogP contribution in [0.5, 0.6) is 0 Å². The van der Waals surface area contributed by atoms with Crippen LogP contribution in [0.25, 0.3) is 0 Å². The van der Waals surface area contributed by atoms with E-state index in [9.17, 15) is 14.3 Å². The van der Waals surface area contributed by atoms with E-state index in [1.54, 1.807) is 0 Å². The van der Waals surface area contributed by atoms with Crippen molar-refractivity contribution in [2.75, 3.05) is 54.1 Å². The first-order chi connectivity index (χ1) is 24.1. The Morgan fingerprint density at radius 2 is 1.04 bits per heavy atom. The summed E-state index contributed by atoms with van der Waals surface area (Å²) in [6.45, 7) is 5.40. The van der Waals surface area contributed by atoms with E-state index in [1.807, 2.05) is 28.1 Å². The molecule has 0 saturated heterocycles. The molecular formula is C41H83NO7P+. The van der Waals surface area contributed by atoms with E-state index >= 15 is 0 Å². The molecule has 8 nitrogen and oxygen atoms in total. The number of phosphoric ester groups is 1. The summed E-state index contributed by atoms with van der Waals surface area (Å²) in [4.78, 5) is 22.2. The van der Waals surface area contributed by atoms with Crippen molar-refractivity contribution >= 4 is 13.8 Å². The van der Waals surface area contributed by atoms with E-state index < -0.39 is 13.9 Å². The molecule has 0 aliphatic carbocycles. The number of rotatable bonds is 39. The first kappa shape index (κ1) is 49.2. The van der Waals surface area contributed by atoms with Crippen molar-refractivity contribution in [1.29, 1.82) is 0 Å². The summed E-state index contributed by atoms with van der Waals surface area (Å²) in [5, 5.41) is 0. The van der Waals surface area contributed by atoms with Gasteiger partial charge in [-0.1, -0.05) is 154 Å². The number of ether oxygens (including phenoxy) is 2. The monoisotopic (exact) mass is 733 g/mol. The van der Waals surface area contributed by atoms with Gasteiger partial charge in [-0.15, -0.1) is 0 Å². The molecule has 0 aliphatic rings. The molecular weight excluding hydrogens is 649 g/mol. The fourth-order valence-corrected chi connectivity index (χ4v) is 6.50. The Hall–Kier alpha value is -0.760. The minimum Gasteiger partial charge on any atom is -0.457 e. The van der Waals surface area contributed by atoms with Gasteiger partial charge in [-0.05, 0) is 38.5 Å². The first-order valence-corrected chi connectivity index (χ1v) is 22.4. The standard InChI is InChI=1S/C41H82NO7P/c1-6-8-10-11-12-13-14-15-16-17-18-19-20-21-22-23-24-25-26-27-28-29-30-31-32-33-36-46-38-40(49-41(43)34-9-7-2)39-48-50(44,45)47-37-35-42(3,4)5/h17-18,40H,6-16,19-39H2,1-5H3/p+1/b18-17-. The molecule has 0 spiro atoms. The number of nitrogens with zero attached hydrogens (tertiary/aromatic N) is 1. The highest BCUT2D eigenvalue weighted by Crippen LogP contribution is 2.43. The molecule has 2 unspecified atom stereocenters. The number of hydrogen-bond acceptors (Lipinski definition) is 6. The van der Waals surface area contributed by atoms with Gasteiger partial charge in [-0.2, -0.15) is 0 Å². The van der Waals surface area contributed by atoms with E-state index in [2.05, 4.69) is 19.1 Å². The van der Waals surface area contributed by atoms with Crippen molar-refractivity contribution in [1.82, 2.24) is 0 Å². The van der Waals surface area contributed by atoms with Gasteiger partial charge in [0.15, 0.2) is 0 Å². The Morgan fingerprint density at radius 1 is 0.600 bits per heavy atom. The van der Waals surface area contributed by atoms with Crippen molar-refractivity contribution in [3.8, 4) is 0 Å². The van der Waals surface area contributed by atoms with Crippen molar-refractivity contribution in [2.24, 2.45) is 0 Å². The summed E-state index contributed by atoms with van der Waals surface area (Å²) >= 11 is 0. The van der Waals surface area contributed by atoms with E-state index in [0.29, 0.717) is 24.1 Å². The maximum Gasteiger partial charge on any atom is 0.472 e. The number of esters is 1. The van der Waals surface area contributed by atoms with Gasteiger partial charge in [0.05, 0.1) is 34.4 Å². The second kappa shape index (κ2) is 35.3. The third-order valence-electron chi connectivity index (χ3n) is 9.08. The number of phosphoric acid groups is 1. The average Bonchev–Trinajstić information content (AvgIpc) is 3.06.